The van der Waals surface area contributed by atoms with Crippen LogP contribution in [-0.2, 0) is 6.54 Å². The fraction of sp³-hybridized carbons (Fsp3) is 0.560. The number of aryl methyl sites for hydroxylation is 1. The summed E-state index contributed by atoms with van der Waals surface area (Å²) in [6.45, 7) is 13.3. The highest BCUT2D eigenvalue weighted by Gasteiger charge is 2.29. The van der Waals surface area contributed by atoms with Gasteiger partial charge in [0.1, 0.15) is 0 Å². The number of likely N-dealkylation sites (tertiary alicyclic amines) is 1. The molecule has 2 aliphatic rings. The van der Waals surface area contributed by atoms with Crippen molar-refractivity contribution >= 4 is 34.4 Å². The minimum absolute atomic E-state index is 0.0406. The number of carbonyl (C=O) groups is 1. The molecule has 6 nitrogen and oxygen atoms in total. The van der Waals surface area contributed by atoms with Crippen molar-refractivity contribution in [2.75, 3.05) is 49.5 Å². The van der Waals surface area contributed by atoms with Crippen LogP contribution < -0.4 is 15.5 Å². The summed E-state index contributed by atoms with van der Waals surface area (Å²) in [5.41, 5.74) is 4.12. The number of hydrogen-bond acceptors (Lipinski definition) is 5. The van der Waals surface area contributed by atoms with Crippen LogP contribution in [0.25, 0.3) is 0 Å². The van der Waals surface area contributed by atoms with E-state index < -0.39 is 0 Å². The summed E-state index contributed by atoms with van der Waals surface area (Å²) in [7, 11) is 0. The van der Waals surface area contributed by atoms with E-state index in [9.17, 15) is 4.79 Å². The Bertz CT molecular complexity index is 909. The minimum Gasteiger partial charge on any atom is -0.379 e. The van der Waals surface area contributed by atoms with Gasteiger partial charge in [-0.25, -0.2) is 4.79 Å². The van der Waals surface area contributed by atoms with Crippen LogP contribution in [0.5, 0.6) is 0 Å². The molecule has 2 aromatic rings. The molecule has 7 heteroatoms. The number of likely N-dealkylation sites (N-methyl/N-ethyl adjacent to an activating group) is 1. The molecule has 1 atom stereocenters. The third-order valence-electron chi connectivity index (χ3n) is 6.84. The van der Waals surface area contributed by atoms with E-state index in [1.165, 1.54) is 29.7 Å². The summed E-state index contributed by atoms with van der Waals surface area (Å²) in [5, 5.41) is 8.89. The maximum Gasteiger partial charge on any atom is 0.326 e. The van der Waals surface area contributed by atoms with E-state index in [2.05, 4.69) is 46.6 Å². The van der Waals surface area contributed by atoms with Gasteiger partial charge in [-0.1, -0.05) is 32.4 Å². The number of anilines is 3. The van der Waals surface area contributed by atoms with Crippen molar-refractivity contribution < 1.29 is 4.79 Å². The molecule has 3 heterocycles. The highest BCUT2D eigenvalue weighted by atomic mass is 32.1. The molecule has 0 saturated carbocycles. The summed E-state index contributed by atoms with van der Waals surface area (Å²) < 4.78 is 0. The maximum absolute atomic E-state index is 13.5. The van der Waals surface area contributed by atoms with E-state index in [-0.39, 0.29) is 6.03 Å². The number of nitrogens with one attached hydrogen (secondary N) is 2. The van der Waals surface area contributed by atoms with Crippen molar-refractivity contribution in [3.63, 3.8) is 0 Å². The highest BCUT2D eigenvalue weighted by molar-refractivity contribution is 7.10. The van der Waals surface area contributed by atoms with Crippen LogP contribution in [-0.4, -0.2) is 61.1 Å². The van der Waals surface area contributed by atoms with Gasteiger partial charge in [0, 0.05) is 42.7 Å². The minimum atomic E-state index is -0.0406. The van der Waals surface area contributed by atoms with Crippen LogP contribution in [0.15, 0.2) is 29.6 Å². The van der Waals surface area contributed by atoms with E-state index in [4.69, 9.17) is 0 Å². The fourth-order valence-corrected chi connectivity index (χ4v) is 5.84. The summed E-state index contributed by atoms with van der Waals surface area (Å²) in [5.74, 6) is 0. The van der Waals surface area contributed by atoms with Crippen molar-refractivity contribution in [1.82, 2.24) is 15.1 Å². The van der Waals surface area contributed by atoms with Gasteiger partial charge in [0.05, 0.1) is 17.1 Å². The standard InChI is InChI=1S/C25H37N5OS/c1-4-28(5-2)17-21-10-8-9-14-29(21)15-13-26-25(31)30-23-12-7-6-11-22(23)27-16-20-18-32-19(3)24(20)30/h6-7,11-12,18,21,27H,4-5,8-10,13-17H2,1-3H3,(H,26,31). The maximum atomic E-state index is 13.5. The largest absolute Gasteiger partial charge is 0.379 e. The molecule has 2 aliphatic heterocycles. The zero-order valence-corrected chi connectivity index (χ0v) is 20.5. The predicted molar refractivity (Wildman–Crippen MR) is 135 cm³/mol. The number of para-hydroxylation sites is 2. The molecular weight excluding hydrogens is 418 g/mol. The summed E-state index contributed by atoms with van der Waals surface area (Å²) >= 11 is 1.71. The predicted octanol–water partition coefficient (Wildman–Crippen LogP) is 5.03. The molecule has 1 saturated heterocycles. The van der Waals surface area contributed by atoms with Crippen molar-refractivity contribution in [3.8, 4) is 0 Å². The highest BCUT2D eigenvalue weighted by Crippen LogP contribution is 2.42. The van der Waals surface area contributed by atoms with E-state index in [0.29, 0.717) is 12.6 Å². The van der Waals surface area contributed by atoms with Gasteiger partial charge < -0.3 is 15.5 Å². The third kappa shape index (κ3) is 4.95. The Morgan fingerprint density at radius 2 is 2.06 bits per heavy atom. The third-order valence-corrected chi connectivity index (χ3v) is 7.79. The van der Waals surface area contributed by atoms with Crippen LogP contribution in [0.3, 0.4) is 0 Å². The average Bonchev–Trinajstić information content (AvgIpc) is 3.08. The van der Waals surface area contributed by atoms with Crippen LogP contribution in [0.4, 0.5) is 21.9 Å². The zero-order chi connectivity index (χ0) is 22.5. The van der Waals surface area contributed by atoms with E-state index in [0.717, 1.165) is 56.3 Å². The van der Waals surface area contributed by atoms with Crippen LogP contribution in [0, 0.1) is 6.92 Å². The normalized spacial score (nSPS) is 18.6. The van der Waals surface area contributed by atoms with Gasteiger partial charge in [-0.2, -0.15) is 0 Å². The molecule has 0 radical (unpaired) electrons. The molecule has 4 rings (SSSR count). The molecule has 0 spiro atoms. The second-order valence-corrected chi connectivity index (χ2v) is 9.86. The van der Waals surface area contributed by atoms with Gasteiger partial charge in [-0.05, 0) is 56.9 Å². The molecule has 174 valence electrons. The van der Waals surface area contributed by atoms with E-state index in [1.807, 2.05) is 29.2 Å². The van der Waals surface area contributed by atoms with Crippen molar-refractivity contribution in [2.45, 2.75) is 52.6 Å². The number of thiophene rings is 1. The van der Waals surface area contributed by atoms with Crippen molar-refractivity contribution in [1.29, 1.82) is 0 Å². The number of carbonyl (C=O) groups excluding carboxylic acids is 1. The van der Waals surface area contributed by atoms with E-state index >= 15 is 0 Å². The molecule has 1 aromatic carbocycles. The molecule has 1 unspecified atom stereocenters. The first kappa shape index (κ1) is 23.1. The lowest BCUT2D eigenvalue weighted by molar-refractivity contribution is 0.109. The average molecular weight is 456 g/mol. The number of amides is 2. The monoisotopic (exact) mass is 455 g/mol. The smallest absolute Gasteiger partial charge is 0.326 e. The van der Waals surface area contributed by atoms with Gasteiger partial charge >= 0.3 is 6.03 Å². The summed E-state index contributed by atoms with van der Waals surface area (Å²) in [4.78, 5) is 21.6. The number of urea groups is 1. The van der Waals surface area contributed by atoms with Crippen molar-refractivity contribution in [2.24, 2.45) is 0 Å². The Hall–Kier alpha value is -2.09. The second kappa shape index (κ2) is 10.7. The Labute approximate surface area is 196 Å². The van der Waals surface area contributed by atoms with Gasteiger partial charge in [0.2, 0.25) is 0 Å². The Balaban J connectivity index is 1.44. The Morgan fingerprint density at radius 3 is 2.88 bits per heavy atom. The molecule has 0 aliphatic carbocycles. The molecule has 32 heavy (non-hydrogen) atoms. The fourth-order valence-electron chi connectivity index (χ4n) is 4.99. The number of hydrogen-bond donors (Lipinski definition) is 2. The lowest BCUT2D eigenvalue weighted by atomic mass is 10.0. The van der Waals surface area contributed by atoms with Crippen LogP contribution in [0.1, 0.15) is 43.6 Å². The first-order valence-corrected chi connectivity index (χ1v) is 12.9. The lowest BCUT2D eigenvalue weighted by Crippen LogP contribution is -2.49. The first-order valence-electron chi connectivity index (χ1n) is 12.1. The molecule has 1 fully saturated rings. The Kier molecular flexibility index (Phi) is 7.71. The SMILES string of the molecule is CCN(CC)CC1CCCCN1CCNC(=O)N1c2ccccc2NCc2csc(C)c21. The molecule has 1 aromatic heterocycles. The molecule has 0 bridgehead atoms. The second-order valence-electron chi connectivity index (χ2n) is 8.78. The molecule has 2 N–H and O–H groups in total. The van der Waals surface area contributed by atoms with Crippen LogP contribution in [0.2, 0.25) is 0 Å². The van der Waals surface area contributed by atoms with Gasteiger partial charge in [-0.3, -0.25) is 9.80 Å². The number of rotatable bonds is 7. The summed E-state index contributed by atoms with van der Waals surface area (Å²) in [6, 6.07) is 8.64. The lowest BCUT2D eigenvalue weighted by Gasteiger charge is -2.38. The number of fused-ring (bicyclic) bond motifs is 2. The van der Waals surface area contributed by atoms with Crippen LogP contribution >= 0.6 is 11.3 Å². The molecule has 2 amide bonds. The quantitative estimate of drug-likeness (QED) is 0.615. The summed E-state index contributed by atoms with van der Waals surface area (Å²) in [6.07, 6.45) is 3.82. The number of nitrogens with zero attached hydrogens (tertiary/aromatic N) is 3. The van der Waals surface area contributed by atoms with Gasteiger partial charge in [-0.15, -0.1) is 11.3 Å². The first-order chi connectivity index (χ1) is 15.6. The van der Waals surface area contributed by atoms with Crippen molar-refractivity contribution in [3.05, 3.63) is 40.1 Å². The zero-order valence-electron chi connectivity index (χ0n) is 19.7. The number of benzene rings is 1. The Morgan fingerprint density at radius 1 is 1.25 bits per heavy atom. The van der Waals surface area contributed by atoms with Gasteiger partial charge in [0.15, 0.2) is 0 Å². The topological polar surface area (TPSA) is 50.9 Å². The van der Waals surface area contributed by atoms with Gasteiger partial charge in [0.25, 0.3) is 0 Å². The molecular formula is C25H37N5OS. The number of piperidine rings is 1. The van der Waals surface area contributed by atoms with E-state index in [1.54, 1.807) is 11.3 Å².